The van der Waals surface area contributed by atoms with Crippen molar-refractivity contribution in [1.29, 1.82) is 0 Å². The van der Waals surface area contributed by atoms with Crippen LogP contribution in [-0.4, -0.2) is 11.0 Å². The van der Waals surface area contributed by atoms with Gasteiger partial charge in [-0.05, 0) is 24.6 Å². The normalized spacial score (nSPS) is 11.3. The molecule has 0 atom stereocenters. The van der Waals surface area contributed by atoms with Gasteiger partial charge in [0.2, 0.25) is 0 Å². The van der Waals surface area contributed by atoms with Crippen molar-refractivity contribution in [3.05, 3.63) is 65.2 Å². The van der Waals surface area contributed by atoms with Crippen molar-refractivity contribution in [3.63, 3.8) is 0 Å². The van der Waals surface area contributed by atoms with Crippen molar-refractivity contribution < 1.29 is 9.94 Å². The highest BCUT2D eigenvalue weighted by Gasteiger charge is 2.07. The van der Waals surface area contributed by atoms with Gasteiger partial charge in [0.15, 0.2) is 5.84 Å². The lowest BCUT2D eigenvalue weighted by atomic mass is 10.1. The van der Waals surface area contributed by atoms with E-state index in [0.29, 0.717) is 17.9 Å². The Balaban J connectivity index is 2.13. The molecule has 4 heteroatoms. The van der Waals surface area contributed by atoms with Crippen LogP contribution < -0.4 is 10.5 Å². The number of aryl methyl sites for hydroxylation is 1. The van der Waals surface area contributed by atoms with E-state index in [1.165, 1.54) is 5.56 Å². The summed E-state index contributed by atoms with van der Waals surface area (Å²) >= 11 is 0. The largest absolute Gasteiger partial charge is 0.488 e. The third-order valence-corrected chi connectivity index (χ3v) is 2.79. The number of amidine groups is 1. The van der Waals surface area contributed by atoms with Gasteiger partial charge in [0.1, 0.15) is 12.4 Å². The number of ether oxygens (including phenoxy) is 1. The van der Waals surface area contributed by atoms with E-state index in [1.807, 2.05) is 43.3 Å². The minimum Gasteiger partial charge on any atom is -0.488 e. The van der Waals surface area contributed by atoms with Crippen LogP contribution in [0.5, 0.6) is 5.75 Å². The Morgan fingerprint density at radius 2 is 1.84 bits per heavy atom. The first-order chi connectivity index (χ1) is 9.20. The lowest BCUT2D eigenvalue weighted by molar-refractivity contribution is 0.303. The van der Waals surface area contributed by atoms with Crippen LogP contribution in [0.3, 0.4) is 0 Å². The summed E-state index contributed by atoms with van der Waals surface area (Å²) in [6, 6.07) is 15.3. The fourth-order valence-electron chi connectivity index (χ4n) is 1.70. The summed E-state index contributed by atoms with van der Waals surface area (Å²) in [4.78, 5) is 0. The summed E-state index contributed by atoms with van der Waals surface area (Å²) in [5.41, 5.74) is 8.46. The maximum atomic E-state index is 8.74. The van der Waals surface area contributed by atoms with Gasteiger partial charge in [-0.15, -0.1) is 0 Å². The second-order valence-electron chi connectivity index (χ2n) is 4.26. The van der Waals surface area contributed by atoms with Gasteiger partial charge in [0.05, 0.1) is 5.56 Å². The van der Waals surface area contributed by atoms with Gasteiger partial charge in [-0.25, -0.2) is 0 Å². The zero-order chi connectivity index (χ0) is 13.7. The summed E-state index contributed by atoms with van der Waals surface area (Å²) in [7, 11) is 0. The lowest BCUT2D eigenvalue weighted by Gasteiger charge is -2.10. The van der Waals surface area contributed by atoms with Crippen molar-refractivity contribution in [2.45, 2.75) is 13.5 Å². The van der Waals surface area contributed by atoms with Crippen LogP contribution in [0.2, 0.25) is 0 Å². The fourth-order valence-corrected chi connectivity index (χ4v) is 1.70. The zero-order valence-corrected chi connectivity index (χ0v) is 10.7. The molecule has 0 radical (unpaired) electrons. The molecule has 0 saturated carbocycles. The van der Waals surface area contributed by atoms with Crippen molar-refractivity contribution in [2.75, 3.05) is 0 Å². The van der Waals surface area contributed by atoms with Gasteiger partial charge in [-0.1, -0.05) is 47.1 Å². The quantitative estimate of drug-likeness (QED) is 0.382. The third-order valence-electron chi connectivity index (χ3n) is 2.79. The van der Waals surface area contributed by atoms with Crippen LogP contribution >= 0.6 is 0 Å². The van der Waals surface area contributed by atoms with Gasteiger partial charge in [0.25, 0.3) is 0 Å². The Hall–Kier alpha value is -2.49. The monoisotopic (exact) mass is 256 g/mol. The molecule has 0 unspecified atom stereocenters. The standard InChI is InChI=1S/C15H16N2O2/c1-11-6-8-12(9-7-11)10-19-14-5-3-2-4-13(14)15(16)17-18/h2-9,18H,10H2,1H3,(H2,16,17). The predicted octanol–water partition coefficient (Wildman–Crippen LogP) is 2.67. The lowest BCUT2D eigenvalue weighted by Crippen LogP contribution is -2.14. The smallest absolute Gasteiger partial charge is 0.173 e. The fraction of sp³-hybridized carbons (Fsp3) is 0.133. The van der Waals surface area contributed by atoms with Crippen molar-refractivity contribution in [3.8, 4) is 5.75 Å². The van der Waals surface area contributed by atoms with Crippen LogP contribution in [0.25, 0.3) is 0 Å². The van der Waals surface area contributed by atoms with E-state index < -0.39 is 0 Å². The molecule has 2 aromatic rings. The molecule has 4 nitrogen and oxygen atoms in total. The summed E-state index contributed by atoms with van der Waals surface area (Å²) in [6.07, 6.45) is 0. The van der Waals surface area contributed by atoms with E-state index in [4.69, 9.17) is 15.7 Å². The minimum absolute atomic E-state index is 0.0412. The molecule has 19 heavy (non-hydrogen) atoms. The first-order valence-electron chi connectivity index (χ1n) is 5.96. The topological polar surface area (TPSA) is 67.8 Å². The first kappa shape index (κ1) is 13.0. The molecule has 0 aliphatic carbocycles. The highest BCUT2D eigenvalue weighted by molar-refractivity contribution is 5.99. The van der Waals surface area contributed by atoms with E-state index in [0.717, 1.165) is 5.56 Å². The molecule has 0 amide bonds. The van der Waals surface area contributed by atoms with Crippen LogP contribution in [0.4, 0.5) is 0 Å². The second kappa shape index (κ2) is 5.91. The predicted molar refractivity (Wildman–Crippen MR) is 74.5 cm³/mol. The van der Waals surface area contributed by atoms with Crippen molar-refractivity contribution >= 4 is 5.84 Å². The molecule has 0 bridgehead atoms. The molecule has 0 saturated heterocycles. The zero-order valence-electron chi connectivity index (χ0n) is 10.7. The van der Waals surface area contributed by atoms with Crippen molar-refractivity contribution in [1.82, 2.24) is 0 Å². The third kappa shape index (κ3) is 3.25. The van der Waals surface area contributed by atoms with Gasteiger partial charge in [-0.3, -0.25) is 0 Å². The van der Waals surface area contributed by atoms with Crippen LogP contribution in [0.1, 0.15) is 16.7 Å². The Morgan fingerprint density at radius 1 is 1.16 bits per heavy atom. The molecule has 3 N–H and O–H groups in total. The molecule has 2 aromatic carbocycles. The van der Waals surface area contributed by atoms with Crippen molar-refractivity contribution in [2.24, 2.45) is 10.9 Å². The summed E-state index contributed by atoms with van der Waals surface area (Å²) in [6.45, 7) is 2.48. The highest BCUT2D eigenvalue weighted by atomic mass is 16.5. The van der Waals surface area contributed by atoms with Crippen LogP contribution in [0.15, 0.2) is 53.7 Å². The molecule has 0 fully saturated rings. The molecular weight excluding hydrogens is 240 g/mol. The first-order valence-corrected chi connectivity index (χ1v) is 5.96. The maximum Gasteiger partial charge on any atom is 0.173 e. The molecular formula is C15H16N2O2. The Kier molecular flexibility index (Phi) is 4.03. The molecule has 0 spiro atoms. The van der Waals surface area contributed by atoms with Gasteiger partial charge >= 0.3 is 0 Å². The average molecular weight is 256 g/mol. The molecule has 0 heterocycles. The van der Waals surface area contributed by atoms with E-state index in [1.54, 1.807) is 12.1 Å². The Bertz CT molecular complexity index is 577. The Morgan fingerprint density at radius 3 is 2.53 bits per heavy atom. The number of nitrogens with two attached hydrogens (primary N) is 1. The number of nitrogens with zero attached hydrogens (tertiary/aromatic N) is 1. The molecule has 0 aromatic heterocycles. The number of oxime groups is 1. The minimum atomic E-state index is 0.0412. The maximum absolute atomic E-state index is 8.74. The van der Waals surface area contributed by atoms with Crippen LogP contribution in [0, 0.1) is 6.92 Å². The molecule has 0 aliphatic heterocycles. The Labute approximate surface area is 112 Å². The van der Waals surface area contributed by atoms with Gasteiger partial charge in [0, 0.05) is 0 Å². The van der Waals surface area contributed by atoms with E-state index in [2.05, 4.69) is 5.16 Å². The number of para-hydroxylation sites is 1. The van der Waals surface area contributed by atoms with Crippen LogP contribution in [-0.2, 0) is 6.61 Å². The van der Waals surface area contributed by atoms with E-state index >= 15 is 0 Å². The number of hydrogen-bond acceptors (Lipinski definition) is 3. The summed E-state index contributed by atoms with van der Waals surface area (Å²) in [5.74, 6) is 0.637. The molecule has 98 valence electrons. The SMILES string of the molecule is Cc1ccc(COc2ccccc2/C(N)=N/O)cc1. The number of hydrogen-bond donors (Lipinski definition) is 2. The highest BCUT2D eigenvalue weighted by Crippen LogP contribution is 2.19. The number of benzene rings is 2. The molecule has 0 aliphatic rings. The second-order valence-corrected chi connectivity index (χ2v) is 4.26. The van der Waals surface area contributed by atoms with Gasteiger partial charge in [-0.2, -0.15) is 0 Å². The van der Waals surface area contributed by atoms with E-state index in [9.17, 15) is 0 Å². The average Bonchev–Trinajstić information content (AvgIpc) is 2.46. The number of rotatable bonds is 4. The summed E-state index contributed by atoms with van der Waals surface area (Å²) < 4.78 is 5.71. The van der Waals surface area contributed by atoms with E-state index in [-0.39, 0.29) is 5.84 Å². The molecule has 2 rings (SSSR count). The summed E-state index contributed by atoms with van der Waals surface area (Å²) in [5, 5.41) is 11.7. The van der Waals surface area contributed by atoms with Gasteiger partial charge < -0.3 is 15.7 Å².